The minimum absolute atomic E-state index is 0.211. The number of methoxy groups -OCH3 is 1. The van der Waals surface area contributed by atoms with Crippen LogP contribution in [-0.4, -0.2) is 36.1 Å². The van der Waals surface area contributed by atoms with Crippen molar-refractivity contribution in [2.24, 2.45) is 11.8 Å². The van der Waals surface area contributed by atoms with Crippen molar-refractivity contribution in [3.8, 4) is 5.75 Å². The number of hydrogen-bond acceptors (Lipinski definition) is 6. The Morgan fingerprint density at radius 1 is 0.857 bits per heavy atom. The monoisotopic (exact) mass is 579 g/mol. The summed E-state index contributed by atoms with van der Waals surface area (Å²) in [5, 5.41) is 0. The summed E-state index contributed by atoms with van der Waals surface area (Å²) >= 11 is 2.15. The van der Waals surface area contributed by atoms with Crippen LogP contribution in [0.25, 0.3) is 0 Å². The van der Waals surface area contributed by atoms with Gasteiger partial charge in [-0.15, -0.1) is 0 Å². The molecule has 174 valence electrons. The summed E-state index contributed by atoms with van der Waals surface area (Å²) in [5.74, 6) is -3.98. The number of anilines is 1. The van der Waals surface area contributed by atoms with Gasteiger partial charge in [0.25, 0.3) is 0 Å². The number of ether oxygens (including phenoxy) is 2. The van der Waals surface area contributed by atoms with E-state index >= 15 is 0 Å². The van der Waals surface area contributed by atoms with E-state index in [2.05, 4.69) is 22.6 Å². The molecule has 3 aromatic rings. The van der Waals surface area contributed by atoms with E-state index in [9.17, 15) is 19.2 Å². The van der Waals surface area contributed by atoms with Crippen LogP contribution >= 0.6 is 22.6 Å². The van der Waals surface area contributed by atoms with Gasteiger partial charge < -0.3 is 9.47 Å². The summed E-state index contributed by atoms with van der Waals surface area (Å²) in [7, 11) is 1.52. The lowest BCUT2D eigenvalue weighted by molar-refractivity contribution is -0.127. The van der Waals surface area contributed by atoms with E-state index in [0.29, 0.717) is 17.0 Å². The molecule has 7 nitrogen and oxygen atoms in total. The SMILES string of the molecule is COc1ccc(N2C(=O)[C@@H]3[C@H](c4cccc(I)c4)OC4(C(=O)c5ccccc5C4=O)[C@H]3C2=O)cc1. The van der Waals surface area contributed by atoms with E-state index in [0.717, 1.165) is 8.47 Å². The number of rotatable bonds is 3. The molecule has 0 radical (unpaired) electrons. The van der Waals surface area contributed by atoms with E-state index in [4.69, 9.17) is 9.47 Å². The zero-order valence-electron chi connectivity index (χ0n) is 18.4. The molecule has 0 N–H and O–H groups in total. The summed E-state index contributed by atoms with van der Waals surface area (Å²) in [5.41, 5.74) is -0.667. The minimum Gasteiger partial charge on any atom is -0.497 e. The van der Waals surface area contributed by atoms with Crippen molar-refractivity contribution < 1.29 is 28.7 Å². The molecule has 3 aliphatic rings. The lowest BCUT2D eigenvalue weighted by atomic mass is 9.77. The number of hydrogen-bond donors (Lipinski definition) is 0. The summed E-state index contributed by atoms with van der Waals surface area (Å²) < 4.78 is 12.4. The molecule has 8 heteroatoms. The average Bonchev–Trinajstić information content (AvgIpc) is 3.44. The Bertz CT molecular complexity index is 1400. The van der Waals surface area contributed by atoms with Crippen molar-refractivity contribution in [3.05, 3.63) is 93.1 Å². The number of ketones is 2. The molecular weight excluding hydrogens is 561 g/mol. The second kappa shape index (κ2) is 7.82. The Hall–Kier alpha value is -3.37. The Morgan fingerprint density at radius 3 is 2.11 bits per heavy atom. The first-order chi connectivity index (χ1) is 16.9. The van der Waals surface area contributed by atoms with E-state index in [1.54, 1.807) is 54.6 Å². The average molecular weight is 579 g/mol. The number of fused-ring (bicyclic) bond motifs is 3. The number of benzene rings is 3. The third-order valence-electron chi connectivity index (χ3n) is 7.03. The first-order valence-corrected chi connectivity index (χ1v) is 12.1. The van der Waals surface area contributed by atoms with Gasteiger partial charge in [-0.2, -0.15) is 0 Å². The van der Waals surface area contributed by atoms with Crippen molar-refractivity contribution in [1.82, 2.24) is 0 Å². The maximum Gasteiger partial charge on any atom is 0.241 e. The highest BCUT2D eigenvalue weighted by Gasteiger charge is 2.74. The molecule has 0 saturated carbocycles. The highest BCUT2D eigenvalue weighted by Crippen LogP contribution is 2.57. The number of amides is 2. The maximum absolute atomic E-state index is 13.9. The lowest BCUT2D eigenvalue weighted by Crippen LogP contribution is -2.51. The fraction of sp³-hybridized carbons (Fsp3) is 0.185. The first-order valence-electron chi connectivity index (χ1n) is 11.0. The van der Waals surface area contributed by atoms with E-state index in [1.807, 2.05) is 18.2 Å². The molecule has 6 rings (SSSR count). The van der Waals surface area contributed by atoms with Crippen LogP contribution in [0.3, 0.4) is 0 Å². The molecule has 0 unspecified atom stereocenters. The Morgan fingerprint density at radius 2 is 1.51 bits per heavy atom. The molecule has 1 spiro atoms. The second-order valence-electron chi connectivity index (χ2n) is 8.75. The van der Waals surface area contributed by atoms with Gasteiger partial charge >= 0.3 is 0 Å². The topological polar surface area (TPSA) is 90.0 Å². The number of imide groups is 1. The molecule has 2 amide bonds. The third kappa shape index (κ3) is 2.93. The maximum atomic E-state index is 13.9. The molecule has 3 aromatic carbocycles. The smallest absolute Gasteiger partial charge is 0.241 e. The predicted molar refractivity (Wildman–Crippen MR) is 133 cm³/mol. The fourth-order valence-corrected chi connectivity index (χ4v) is 6.05. The molecule has 0 aromatic heterocycles. The van der Waals surface area contributed by atoms with Gasteiger partial charge in [0.2, 0.25) is 29.0 Å². The van der Waals surface area contributed by atoms with Crippen molar-refractivity contribution in [2.75, 3.05) is 12.0 Å². The molecule has 2 aliphatic heterocycles. The number of carbonyl (C=O) groups excluding carboxylic acids is 4. The van der Waals surface area contributed by atoms with Gasteiger partial charge in [0, 0.05) is 14.7 Å². The molecule has 3 atom stereocenters. The van der Waals surface area contributed by atoms with Crippen LogP contribution in [0.1, 0.15) is 32.4 Å². The van der Waals surface area contributed by atoms with Crippen LogP contribution in [0.5, 0.6) is 5.75 Å². The van der Waals surface area contributed by atoms with Crippen LogP contribution in [0.4, 0.5) is 5.69 Å². The molecular formula is C27H18INO6. The van der Waals surface area contributed by atoms with Gasteiger partial charge in [-0.05, 0) is 64.6 Å². The van der Waals surface area contributed by atoms with Crippen LogP contribution in [0.15, 0.2) is 72.8 Å². The predicted octanol–water partition coefficient (Wildman–Crippen LogP) is 3.99. The second-order valence-corrected chi connectivity index (χ2v) is 9.99. The van der Waals surface area contributed by atoms with E-state index in [-0.39, 0.29) is 11.1 Å². The standard InChI is InChI=1S/C27H18INO6/c1-34-17-11-9-16(10-12-17)29-25(32)20-21(26(29)33)27(35-22(20)14-5-4-6-15(28)13-14)23(30)18-7-2-3-8-19(18)24(27)31/h2-13,20-22H,1H3/t20-,21+,22-/m0/s1. The summed E-state index contributed by atoms with van der Waals surface area (Å²) in [4.78, 5) is 56.3. The molecule has 35 heavy (non-hydrogen) atoms. The lowest BCUT2D eigenvalue weighted by Gasteiger charge is -2.27. The molecule has 2 fully saturated rings. The van der Waals surface area contributed by atoms with Gasteiger partial charge in [0.15, 0.2) is 0 Å². The molecule has 2 heterocycles. The van der Waals surface area contributed by atoms with Gasteiger partial charge in [0.05, 0.1) is 30.7 Å². The quantitative estimate of drug-likeness (QED) is 0.265. The largest absolute Gasteiger partial charge is 0.497 e. The minimum atomic E-state index is -2.08. The van der Waals surface area contributed by atoms with Crippen molar-refractivity contribution in [3.63, 3.8) is 0 Å². The number of nitrogens with zero attached hydrogens (tertiary/aromatic N) is 1. The third-order valence-corrected chi connectivity index (χ3v) is 7.70. The van der Waals surface area contributed by atoms with E-state index in [1.165, 1.54) is 7.11 Å². The van der Waals surface area contributed by atoms with Gasteiger partial charge in [-0.25, -0.2) is 4.90 Å². The zero-order chi connectivity index (χ0) is 24.5. The van der Waals surface area contributed by atoms with Gasteiger partial charge in [0.1, 0.15) is 5.75 Å². The van der Waals surface area contributed by atoms with Crippen molar-refractivity contribution in [1.29, 1.82) is 0 Å². The van der Waals surface area contributed by atoms with Crippen molar-refractivity contribution in [2.45, 2.75) is 11.7 Å². The number of carbonyl (C=O) groups is 4. The normalized spacial score (nSPS) is 24.3. The van der Waals surface area contributed by atoms with Crippen LogP contribution in [0, 0.1) is 15.4 Å². The van der Waals surface area contributed by atoms with Crippen LogP contribution in [0.2, 0.25) is 0 Å². The highest BCUT2D eigenvalue weighted by molar-refractivity contribution is 14.1. The highest BCUT2D eigenvalue weighted by atomic mass is 127. The summed E-state index contributed by atoms with van der Waals surface area (Å²) in [6.45, 7) is 0. The van der Waals surface area contributed by atoms with Crippen LogP contribution in [-0.2, 0) is 14.3 Å². The number of halogens is 1. The number of Topliss-reactive ketones (excluding diaryl/α,β-unsaturated/α-hetero) is 2. The van der Waals surface area contributed by atoms with E-state index < -0.39 is 46.9 Å². The van der Waals surface area contributed by atoms with Gasteiger partial charge in [-0.1, -0.05) is 36.4 Å². The van der Waals surface area contributed by atoms with Crippen molar-refractivity contribution >= 4 is 51.7 Å². The molecule has 0 bridgehead atoms. The Kier molecular flexibility index (Phi) is 4.94. The Balaban J connectivity index is 1.53. The molecule has 1 aliphatic carbocycles. The summed E-state index contributed by atoms with van der Waals surface area (Å²) in [6.07, 6.45) is -0.934. The Labute approximate surface area is 214 Å². The fourth-order valence-electron chi connectivity index (χ4n) is 5.49. The molecule has 2 saturated heterocycles. The first kappa shape index (κ1) is 22.1. The zero-order valence-corrected chi connectivity index (χ0v) is 20.6. The van der Waals surface area contributed by atoms with Gasteiger partial charge in [-0.3, -0.25) is 19.2 Å². The summed E-state index contributed by atoms with van der Waals surface area (Å²) in [6, 6.07) is 20.3. The van der Waals surface area contributed by atoms with Crippen LogP contribution < -0.4 is 9.64 Å².